The number of amides is 1. The van der Waals surface area contributed by atoms with Gasteiger partial charge in [-0.15, -0.1) is 0 Å². The molecule has 0 atom stereocenters. The number of rotatable bonds is 9. The number of ether oxygens (including phenoxy) is 1. The number of methoxy groups -OCH3 is 1. The van der Waals surface area contributed by atoms with Gasteiger partial charge in [-0.2, -0.15) is 0 Å². The highest BCUT2D eigenvalue weighted by molar-refractivity contribution is 6.31. The second kappa shape index (κ2) is 10.2. The number of esters is 1. The van der Waals surface area contributed by atoms with Gasteiger partial charge in [0, 0.05) is 24.7 Å². The fourth-order valence-electron chi connectivity index (χ4n) is 2.23. The summed E-state index contributed by atoms with van der Waals surface area (Å²) in [5.41, 5.74) is 1.00. The SMILES string of the molecule is CCN(CC(=O)N(CC)CCC(=O)OC)Cc1ccccc1Cl. The minimum absolute atomic E-state index is 0.00491. The summed E-state index contributed by atoms with van der Waals surface area (Å²) >= 11 is 6.18. The standard InChI is InChI=1S/C17H25ClN2O3/c1-4-19(12-14-8-6-7-9-15(14)18)13-16(21)20(5-2)11-10-17(22)23-3/h6-9H,4-5,10-13H2,1-3H3. The lowest BCUT2D eigenvalue weighted by Crippen LogP contribution is -2.41. The molecule has 0 unspecified atom stereocenters. The van der Waals surface area contributed by atoms with E-state index < -0.39 is 0 Å². The number of halogens is 1. The average Bonchev–Trinajstić information content (AvgIpc) is 2.56. The first-order chi connectivity index (χ1) is 11.0. The third-order valence-corrected chi connectivity index (χ3v) is 4.07. The molecule has 0 N–H and O–H groups in total. The number of benzene rings is 1. The maximum absolute atomic E-state index is 12.4. The van der Waals surface area contributed by atoms with Crippen molar-refractivity contribution < 1.29 is 14.3 Å². The molecule has 0 bridgehead atoms. The van der Waals surface area contributed by atoms with Gasteiger partial charge in [0.1, 0.15) is 0 Å². The average molecular weight is 341 g/mol. The minimum atomic E-state index is -0.306. The third kappa shape index (κ3) is 6.59. The van der Waals surface area contributed by atoms with E-state index in [0.29, 0.717) is 31.2 Å². The zero-order chi connectivity index (χ0) is 17.2. The number of nitrogens with zero attached hydrogens (tertiary/aromatic N) is 2. The van der Waals surface area contributed by atoms with Gasteiger partial charge in [0.2, 0.25) is 5.91 Å². The molecule has 1 amide bonds. The van der Waals surface area contributed by atoms with Gasteiger partial charge in [0.25, 0.3) is 0 Å². The smallest absolute Gasteiger partial charge is 0.307 e. The van der Waals surface area contributed by atoms with Crippen LogP contribution in [0.3, 0.4) is 0 Å². The minimum Gasteiger partial charge on any atom is -0.469 e. The van der Waals surface area contributed by atoms with Crippen molar-refractivity contribution in [2.45, 2.75) is 26.8 Å². The van der Waals surface area contributed by atoms with E-state index in [2.05, 4.69) is 4.74 Å². The fraction of sp³-hybridized carbons (Fsp3) is 0.529. The molecule has 23 heavy (non-hydrogen) atoms. The molecule has 0 heterocycles. The molecule has 1 aromatic carbocycles. The highest BCUT2D eigenvalue weighted by Crippen LogP contribution is 2.17. The number of carbonyl (C=O) groups excluding carboxylic acids is 2. The molecule has 0 saturated heterocycles. The Morgan fingerprint density at radius 2 is 1.87 bits per heavy atom. The fourth-order valence-corrected chi connectivity index (χ4v) is 2.42. The second-order valence-electron chi connectivity index (χ2n) is 5.19. The Morgan fingerprint density at radius 1 is 1.17 bits per heavy atom. The van der Waals surface area contributed by atoms with Crippen LogP contribution in [0.2, 0.25) is 5.02 Å². The summed E-state index contributed by atoms with van der Waals surface area (Å²) in [5.74, 6) is -0.301. The molecule has 0 spiro atoms. The van der Waals surface area contributed by atoms with Crippen LogP contribution in [0.15, 0.2) is 24.3 Å². The summed E-state index contributed by atoms with van der Waals surface area (Å²) in [6.45, 7) is 6.53. The van der Waals surface area contributed by atoms with E-state index in [-0.39, 0.29) is 18.3 Å². The summed E-state index contributed by atoms with van der Waals surface area (Å²) in [6, 6.07) is 7.63. The van der Waals surface area contributed by atoms with Crippen molar-refractivity contribution in [2.75, 3.05) is 33.3 Å². The molecule has 0 saturated carbocycles. The van der Waals surface area contributed by atoms with Crippen molar-refractivity contribution in [3.05, 3.63) is 34.9 Å². The van der Waals surface area contributed by atoms with Crippen LogP contribution in [0.25, 0.3) is 0 Å². The van der Waals surface area contributed by atoms with E-state index >= 15 is 0 Å². The number of carbonyl (C=O) groups is 2. The maximum Gasteiger partial charge on any atom is 0.307 e. The van der Waals surface area contributed by atoms with Gasteiger partial charge in [-0.25, -0.2) is 0 Å². The first-order valence-electron chi connectivity index (χ1n) is 7.82. The Hall–Kier alpha value is -1.59. The van der Waals surface area contributed by atoms with Crippen LogP contribution in [0.4, 0.5) is 0 Å². The van der Waals surface area contributed by atoms with Gasteiger partial charge in [0.15, 0.2) is 0 Å². The predicted molar refractivity (Wildman–Crippen MR) is 91.3 cm³/mol. The lowest BCUT2D eigenvalue weighted by atomic mass is 10.2. The van der Waals surface area contributed by atoms with Crippen LogP contribution < -0.4 is 0 Å². The topological polar surface area (TPSA) is 49.9 Å². The summed E-state index contributed by atoms with van der Waals surface area (Å²) in [6.07, 6.45) is 0.215. The van der Waals surface area contributed by atoms with Crippen LogP contribution in [-0.4, -0.2) is 55.0 Å². The molecule has 1 rings (SSSR count). The molecule has 5 nitrogen and oxygen atoms in total. The maximum atomic E-state index is 12.4. The van der Waals surface area contributed by atoms with Crippen LogP contribution in [0, 0.1) is 0 Å². The third-order valence-electron chi connectivity index (χ3n) is 3.71. The molecule has 0 aromatic heterocycles. The van der Waals surface area contributed by atoms with Gasteiger partial charge in [-0.1, -0.05) is 36.7 Å². The summed E-state index contributed by atoms with van der Waals surface area (Å²) in [7, 11) is 1.35. The van der Waals surface area contributed by atoms with Crippen LogP contribution >= 0.6 is 11.6 Å². The Labute approximate surface area is 143 Å². The number of hydrogen-bond acceptors (Lipinski definition) is 4. The summed E-state index contributed by atoms with van der Waals surface area (Å²) in [4.78, 5) is 27.4. The van der Waals surface area contributed by atoms with Crippen molar-refractivity contribution in [1.82, 2.24) is 9.80 Å². The van der Waals surface area contributed by atoms with Crippen molar-refractivity contribution in [3.8, 4) is 0 Å². The molecular weight excluding hydrogens is 316 g/mol. The van der Waals surface area contributed by atoms with Crippen LogP contribution in [0.1, 0.15) is 25.8 Å². The monoisotopic (exact) mass is 340 g/mol. The molecule has 0 aliphatic rings. The van der Waals surface area contributed by atoms with Gasteiger partial charge < -0.3 is 9.64 Å². The Bertz CT molecular complexity index is 522. The lowest BCUT2D eigenvalue weighted by Gasteiger charge is -2.26. The highest BCUT2D eigenvalue weighted by Gasteiger charge is 2.17. The van der Waals surface area contributed by atoms with Crippen molar-refractivity contribution in [3.63, 3.8) is 0 Å². The molecule has 6 heteroatoms. The first-order valence-corrected chi connectivity index (χ1v) is 8.19. The Balaban J connectivity index is 2.60. The normalized spacial score (nSPS) is 10.7. The van der Waals surface area contributed by atoms with Crippen LogP contribution in [-0.2, 0) is 20.9 Å². The van der Waals surface area contributed by atoms with E-state index in [0.717, 1.165) is 12.1 Å². The molecule has 0 fully saturated rings. The van der Waals surface area contributed by atoms with Gasteiger partial charge in [0.05, 0.1) is 20.1 Å². The zero-order valence-electron chi connectivity index (χ0n) is 14.0. The summed E-state index contributed by atoms with van der Waals surface area (Å²) < 4.78 is 4.62. The molecule has 0 aliphatic heterocycles. The Morgan fingerprint density at radius 3 is 2.43 bits per heavy atom. The number of likely N-dealkylation sites (N-methyl/N-ethyl adjacent to an activating group) is 2. The molecular formula is C17H25ClN2O3. The summed E-state index contributed by atoms with van der Waals surface area (Å²) in [5, 5.41) is 0.705. The second-order valence-corrected chi connectivity index (χ2v) is 5.60. The molecule has 1 aromatic rings. The number of hydrogen-bond donors (Lipinski definition) is 0. The van der Waals surface area contributed by atoms with Gasteiger partial charge in [-0.3, -0.25) is 14.5 Å². The highest BCUT2D eigenvalue weighted by atomic mass is 35.5. The van der Waals surface area contributed by atoms with Crippen molar-refractivity contribution in [1.29, 1.82) is 0 Å². The van der Waals surface area contributed by atoms with Crippen LogP contribution in [0.5, 0.6) is 0 Å². The van der Waals surface area contributed by atoms with Gasteiger partial charge >= 0.3 is 5.97 Å². The van der Waals surface area contributed by atoms with E-state index in [4.69, 9.17) is 11.6 Å². The molecule has 128 valence electrons. The van der Waals surface area contributed by atoms with E-state index in [9.17, 15) is 9.59 Å². The van der Waals surface area contributed by atoms with E-state index in [1.807, 2.05) is 43.0 Å². The quantitative estimate of drug-likeness (QED) is 0.648. The molecule has 0 radical (unpaired) electrons. The van der Waals surface area contributed by atoms with E-state index in [1.54, 1.807) is 4.90 Å². The van der Waals surface area contributed by atoms with Gasteiger partial charge in [-0.05, 0) is 25.1 Å². The first kappa shape index (κ1) is 19.5. The van der Waals surface area contributed by atoms with Crippen molar-refractivity contribution in [2.24, 2.45) is 0 Å². The zero-order valence-corrected chi connectivity index (χ0v) is 14.8. The van der Waals surface area contributed by atoms with Crippen molar-refractivity contribution >= 4 is 23.5 Å². The largest absolute Gasteiger partial charge is 0.469 e. The lowest BCUT2D eigenvalue weighted by molar-refractivity contribution is -0.141. The Kier molecular flexibility index (Phi) is 8.66. The van der Waals surface area contributed by atoms with E-state index in [1.165, 1.54) is 7.11 Å². The molecule has 0 aliphatic carbocycles. The predicted octanol–water partition coefficient (Wildman–Crippen LogP) is 2.57.